The van der Waals surface area contributed by atoms with Gasteiger partial charge in [0.2, 0.25) is 0 Å². The molecule has 0 unspecified atom stereocenters. The van der Waals surface area contributed by atoms with Gasteiger partial charge in [-0.1, -0.05) is 11.6 Å². The monoisotopic (exact) mass is 333 g/mol. The Morgan fingerprint density at radius 2 is 1.83 bits per heavy atom. The summed E-state index contributed by atoms with van der Waals surface area (Å²) in [6.45, 7) is 3.46. The molecule has 23 heavy (non-hydrogen) atoms. The van der Waals surface area contributed by atoms with Crippen molar-refractivity contribution in [3.8, 4) is 0 Å². The van der Waals surface area contributed by atoms with E-state index in [1.165, 1.54) is 23.4 Å². The maximum atomic E-state index is 13.4. The highest BCUT2D eigenvalue weighted by Gasteiger charge is 2.32. The van der Waals surface area contributed by atoms with E-state index in [4.69, 9.17) is 0 Å². The molecule has 0 atom stereocenters. The van der Waals surface area contributed by atoms with Crippen molar-refractivity contribution in [3.63, 3.8) is 0 Å². The summed E-state index contributed by atoms with van der Waals surface area (Å²) in [6.07, 6.45) is 0.135. The van der Waals surface area contributed by atoms with Crippen LogP contribution in [0.1, 0.15) is 27.9 Å². The lowest BCUT2D eigenvalue weighted by atomic mass is 10.0. The summed E-state index contributed by atoms with van der Waals surface area (Å²) in [5.41, 5.74) is 1.96. The zero-order chi connectivity index (χ0) is 16.8. The number of anilines is 1. The summed E-state index contributed by atoms with van der Waals surface area (Å²) in [5, 5.41) is 0. The number of fused-ring (bicyclic) bond motifs is 1. The van der Waals surface area contributed by atoms with E-state index < -0.39 is 15.8 Å². The summed E-state index contributed by atoms with van der Waals surface area (Å²) in [5.74, 6) is -0.515. The molecule has 0 saturated carbocycles. The normalized spacial score (nSPS) is 14.7. The van der Waals surface area contributed by atoms with Crippen molar-refractivity contribution >= 4 is 21.5 Å². The Morgan fingerprint density at radius 1 is 1.09 bits per heavy atom. The van der Waals surface area contributed by atoms with Crippen molar-refractivity contribution in [2.75, 3.05) is 10.8 Å². The number of ketones is 1. The molecule has 0 fully saturated rings. The highest BCUT2D eigenvalue weighted by atomic mass is 32.2. The van der Waals surface area contributed by atoms with Crippen molar-refractivity contribution in [2.24, 2.45) is 0 Å². The first kappa shape index (κ1) is 15.7. The molecule has 0 spiro atoms. The molecule has 1 heterocycles. The maximum absolute atomic E-state index is 13.4. The lowest BCUT2D eigenvalue weighted by Gasteiger charge is -2.30. The summed E-state index contributed by atoms with van der Waals surface area (Å²) in [7, 11) is -3.84. The van der Waals surface area contributed by atoms with Crippen LogP contribution in [-0.4, -0.2) is 20.7 Å². The SMILES string of the molecule is Cc1ccc2c(c1)C(=O)CCN2S(=O)(=O)c1ccc(F)c(C)c1. The summed E-state index contributed by atoms with van der Waals surface area (Å²) in [6, 6.07) is 8.84. The molecule has 0 aromatic heterocycles. The first-order valence-corrected chi connectivity index (χ1v) is 8.67. The van der Waals surface area contributed by atoms with Crippen LogP contribution in [0.3, 0.4) is 0 Å². The van der Waals surface area contributed by atoms with E-state index in [2.05, 4.69) is 0 Å². The van der Waals surface area contributed by atoms with Crippen LogP contribution in [0.25, 0.3) is 0 Å². The van der Waals surface area contributed by atoms with Crippen molar-refractivity contribution in [2.45, 2.75) is 25.2 Å². The molecule has 120 valence electrons. The molecule has 6 heteroatoms. The van der Waals surface area contributed by atoms with Crippen molar-refractivity contribution < 1.29 is 17.6 Å². The number of aryl methyl sites for hydroxylation is 2. The predicted octanol–water partition coefficient (Wildman–Crippen LogP) is 3.22. The molecule has 3 rings (SSSR count). The summed E-state index contributed by atoms with van der Waals surface area (Å²) >= 11 is 0. The number of hydrogen-bond acceptors (Lipinski definition) is 3. The fourth-order valence-electron chi connectivity index (χ4n) is 2.70. The number of carbonyl (C=O) groups excluding carboxylic acids is 1. The van der Waals surface area contributed by atoms with Gasteiger partial charge in [-0.15, -0.1) is 0 Å². The molecule has 0 N–H and O–H groups in total. The Hall–Kier alpha value is -2.21. The minimum Gasteiger partial charge on any atom is -0.294 e. The first-order valence-electron chi connectivity index (χ1n) is 7.23. The maximum Gasteiger partial charge on any atom is 0.264 e. The lowest BCUT2D eigenvalue weighted by molar-refractivity contribution is 0.0982. The number of rotatable bonds is 2. The smallest absolute Gasteiger partial charge is 0.264 e. The highest BCUT2D eigenvalue weighted by Crippen LogP contribution is 2.32. The van der Waals surface area contributed by atoms with Gasteiger partial charge in [-0.3, -0.25) is 9.10 Å². The number of hydrogen-bond donors (Lipinski definition) is 0. The van der Waals surface area contributed by atoms with Gasteiger partial charge in [0.15, 0.2) is 5.78 Å². The molecule has 2 aromatic carbocycles. The second kappa shape index (κ2) is 5.45. The van der Waals surface area contributed by atoms with Crippen molar-refractivity contribution in [3.05, 3.63) is 58.9 Å². The third kappa shape index (κ3) is 2.63. The first-order chi connectivity index (χ1) is 10.8. The lowest BCUT2D eigenvalue weighted by Crippen LogP contribution is -2.37. The van der Waals surface area contributed by atoms with Crippen LogP contribution in [0.5, 0.6) is 0 Å². The minimum atomic E-state index is -3.84. The summed E-state index contributed by atoms with van der Waals surface area (Å²) < 4.78 is 40.4. The molecule has 0 aliphatic carbocycles. The summed E-state index contributed by atoms with van der Waals surface area (Å²) in [4.78, 5) is 12.1. The van der Waals surface area contributed by atoms with E-state index in [-0.39, 0.29) is 29.2 Å². The average Bonchev–Trinajstić information content (AvgIpc) is 2.50. The largest absolute Gasteiger partial charge is 0.294 e. The fourth-order valence-corrected chi connectivity index (χ4v) is 4.27. The van der Waals surface area contributed by atoms with Crippen molar-refractivity contribution in [1.29, 1.82) is 0 Å². The van der Waals surface area contributed by atoms with Crippen LogP contribution in [-0.2, 0) is 10.0 Å². The van der Waals surface area contributed by atoms with Crippen LogP contribution in [0, 0.1) is 19.7 Å². The van der Waals surface area contributed by atoms with Crippen LogP contribution >= 0.6 is 0 Å². The molecular formula is C17H16FNO3S. The molecule has 0 radical (unpaired) electrons. The van der Waals surface area contributed by atoms with Gasteiger partial charge in [-0.2, -0.15) is 0 Å². The van der Waals surface area contributed by atoms with Crippen LogP contribution in [0.15, 0.2) is 41.3 Å². The number of Topliss-reactive ketones (excluding diaryl/α,β-unsaturated/α-hetero) is 1. The van der Waals surface area contributed by atoms with E-state index in [0.29, 0.717) is 11.3 Å². The molecule has 0 bridgehead atoms. The third-order valence-corrected chi connectivity index (χ3v) is 5.79. The molecule has 4 nitrogen and oxygen atoms in total. The molecule has 1 aliphatic heterocycles. The predicted molar refractivity (Wildman–Crippen MR) is 85.8 cm³/mol. The minimum absolute atomic E-state index is 0.0253. The zero-order valence-corrected chi connectivity index (χ0v) is 13.7. The number of halogens is 1. The Kier molecular flexibility index (Phi) is 3.72. The highest BCUT2D eigenvalue weighted by molar-refractivity contribution is 7.92. The van der Waals surface area contributed by atoms with Crippen LogP contribution < -0.4 is 4.31 Å². The number of sulfonamides is 1. The van der Waals surface area contributed by atoms with Gasteiger partial charge in [-0.05, 0) is 49.7 Å². The van der Waals surface area contributed by atoms with Gasteiger partial charge in [0.1, 0.15) is 5.82 Å². The number of carbonyl (C=O) groups is 1. The van der Waals surface area contributed by atoms with Gasteiger partial charge < -0.3 is 0 Å². The quantitative estimate of drug-likeness (QED) is 0.848. The second-order valence-electron chi connectivity index (χ2n) is 5.68. The van der Waals surface area contributed by atoms with Crippen molar-refractivity contribution in [1.82, 2.24) is 0 Å². The van der Waals surface area contributed by atoms with E-state index in [1.807, 2.05) is 6.92 Å². The second-order valence-corrected chi connectivity index (χ2v) is 7.54. The van der Waals surface area contributed by atoms with Gasteiger partial charge in [0.05, 0.1) is 10.6 Å². The number of nitrogens with zero attached hydrogens (tertiary/aromatic N) is 1. The average molecular weight is 333 g/mol. The molecule has 0 amide bonds. The van der Waals surface area contributed by atoms with Crippen LogP contribution in [0.2, 0.25) is 0 Å². The van der Waals surface area contributed by atoms with E-state index in [9.17, 15) is 17.6 Å². The molecule has 1 aliphatic rings. The van der Waals surface area contributed by atoms with Crippen LogP contribution in [0.4, 0.5) is 10.1 Å². The molecule has 2 aromatic rings. The molecular weight excluding hydrogens is 317 g/mol. The van der Waals surface area contributed by atoms with Gasteiger partial charge in [0.25, 0.3) is 10.0 Å². The topological polar surface area (TPSA) is 54.5 Å². The molecule has 0 saturated heterocycles. The standard InChI is InChI=1S/C17H16FNO3S/c1-11-3-6-16-14(9-11)17(20)7-8-19(16)23(21,22)13-4-5-15(18)12(2)10-13/h3-6,9-10H,7-8H2,1-2H3. The van der Waals surface area contributed by atoms with E-state index in [1.54, 1.807) is 18.2 Å². The Bertz CT molecular complexity index is 906. The van der Waals surface area contributed by atoms with E-state index in [0.717, 1.165) is 11.6 Å². The Balaban J connectivity index is 2.13. The number of benzene rings is 2. The van der Waals surface area contributed by atoms with Gasteiger partial charge >= 0.3 is 0 Å². The Morgan fingerprint density at radius 3 is 2.52 bits per heavy atom. The zero-order valence-electron chi connectivity index (χ0n) is 12.8. The van der Waals surface area contributed by atoms with Gasteiger partial charge in [0, 0.05) is 18.5 Å². The third-order valence-electron chi connectivity index (χ3n) is 3.98. The van der Waals surface area contributed by atoms with Gasteiger partial charge in [-0.25, -0.2) is 12.8 Å². The van der Waals surface area contributed by atoms with E-state index >= 15 is 0 Å². The Labute approximate surface area is 134 Å². The fraction of sp³-hybridized carbons (Fsp3) is 0.235.